The van der Waals surface area contributed by atoms with E-state index in [1.807, 2.05) is 0 Å². The summed E-state index contributed by atoms with van der Waals surface area (Å²) in [4.78, 5) is 10.6. The lowest BCUT2D eigenvalue weighted by molar-refractivity contribution is 0.108. The SMILES string of the molecule is COc1ccc(C(=O)Cl)cc1O. The van der Waals surface area contributed by atoms with Crippen LogP contribution in [0.2, 0.25) is 0 Å². The van der Waals surface area contributed by atoms with Crippen LogP contribution in [0.4, 0.5) is 0 Å². The Morgan fingerprint density at radius 3 is 2.67 bits per heavy atom. The van der Waals surface area contributed by atoms with Crippen molar-refractivity contribution in [3.8, 4) is 11.5 Å². The number of hydrogen-bond acceptors (Lipinski definition) is 3. The highest BCUT2D eigenvalue weighted by Crippen LogP contribution is 2.26. The number of carbonyl (C=O) groups excluding carboxylic acids is 1. The second-order valence-electron chi connectivity index (χ2n) is 2.16. The van der Waals surface area contributed by atoms with Gasteiger partial charge >= 0.3 is 0 Å². The summed E-state index contributed by atoms with van der Waals surface area (Å²) in [6.45, 7) is 0. The molecule has 0 saturated carbocycles. The molecule has 1 aromatic rings. The first kappa shape index (κ1) is 8.87. The third kappa shape index (κ3) is 1.68. The lowest BCUT2D eigenvalue weighted by Gasteiger charge is -2.02. The van der Waals surface area contributed by atoms with E-state index in [0.717, 1.165) is 0 Å². The molecule has 0 aliphatic heterocycles. The van der Waals surface area contributed by atoms with Gasteiger partial charge in [0.2, 0.25) is 0 Å². The quantitative estimate of drug-likeness (QED) is 0.717. The summed E-state index contributed by atoms with van der Waals surface area (Å²) in [6, 6.07) is 4.22. The number of rotatable bonds is 2. The normalized spacial score (nSPS) is 9.50. The summed E-state index contributed by atoms with van der Waals surface area (Å²) in [7, 11) is 1.43. The van der Waals surface area contributed by atoms with Gasteiger partial charge in [-0.2, -0.15) is 0 Å². The summed E-state index contributed by atoms with van der Waals surface area (Å²) in [5.41, 5.74) is 0.245. The van der Waals surface area contributed by atoms with Crippen LogP contribution in [0.15, 0.2) is 18.2 Å². The second-order valence-corrected chi connectivity index (χ2v) is 2.50. The Morgan fingerprint density at radius 1 is 1.58 bits per heavy atom. The molecule has 0 atom stereocenters. The summed E-state index contributed by atoms with van der Waals surface area (Å²) < 4.78 is 4.78. The van der Waals surface area contributed by atoms with Gasteiger partial charge in [-0.1, -0.05) is 0 Å². The zero-order valence-corrected chi connectivity index (χ0v) is 7.13. The topological polar surface area (TPSA) is 46.5 Å². The predicted octanol–water partition coefficient (Wildman–Crippen LogP) is 1.78. The van der Waals surface area contributed by atoms with Crippen molar-refractivity contribution in [3.63, 3.8) is 0 Å². The molecule has 0 aliphatic rings. The number of hydrogen-bond donors (Lipinski definition) is 1. The fourth-order valence-corrected chi connectivity index (χ4v) is 0.930. The van der Waals surface area contributed by atoms with Crippen molar-refractivity contribution in [3.05, 3.63) is 23.8 Å². The molecule has 0 bridgehead atoms. The van der Waals surface area contributed by atoms with Crippen LogP contribution in [0.1, 0.15) is 10.4 Å². The van der Waals surface area contributed by atoms with Crippen LogP contribution < -0.4 is 4.74 Å². The Labute approximate surface area is 74.5 Å². The highest BCUT2D eigenvalue weighted by atomic mass is 35.5. The van der Waals surface area contributed by atoms with E-state index in [1.54, 1.807) is 0 Å². The number of benzene rings is 1. The van der Waals surface area contributed by atoms with Gasteiger partial charge in [-0.05, 0) is 29.8 Å². The molecule has 0 unspecified atom stereocenters. The molecule has 12 heavy (non-hydrogen) atoms. The molecule has 64 valence electrons. The smallest absolute Gasteiger partial charge is 0.252 e. The Kier molecular flexibility index (Phi) is 2.55. The maximum atomic E-state index is 10.6. The minimum absolute atomic E-state index is 0.0935. The average Bonchev–Trinajstić information content (AvgIpc) is 2.04. The zero-order chi connectivity index (χ0) is 9.14. The second kappa shape index (κ2) is 3.45. The molecule has 0 amide bonds. The zero-order valence-electron chi connectivity index (χ0n) is 6.37. The molecule has 3 nitrogen and oxygen atoms in total. The van der Waals surface area contributed by atoms with Crippen LogP contribution in [-0.4, -0.2) is 17.5 Å². The van der Waals surface area contributed by atoms with Gasteiger partial charge in [-0.3, -0.25) is 4.79 Å². The molecular formula is C8H7ClO3. The van der Waals surface area contributed by atoms with Gasteiger partial charge in [-0.25, -0.2) is 0 Å². The number of methoxy groups -OCH3 is 1. The molecule has 0 aromatic heterocycles. The lowest BCUT2D eigenvalue weighted by atomic mass is 10.2. The van der Waals surface area contributed by atoms with E-state index in [1.165, 1.54) is 25.3 Å². The first-order chi connectivity index (χ1) is 5.65. The van der Waals surface area contributed by atoms with E-state index < -0.39 is 5.24 Å². The van der Waals surface area contributed by atoms with Crippen LogP contribution in [0, 0.1) is 0 Å². The molecule has 0 fully saturated rings. The third-order valence-corrected chi connectivity index (χ3v) is 1.62. The molecule has 0 aliphatic carbocycles. The molecule has 0 saturated heterocycles. The largest absolute Gasteiger partial charge is 0.504 e. The van der Waals surface area contributed by atoms with Crippen LogP contribution in [0.25, 0.3) is 0 Å². The average molecular weight is 187 g/mol. The van der Waals surface area contributed by atoms with E-state index in [4.69, 9.17) is 16.3 Å². The fourth-order valence-electron chi connectivity index (χ4n) is 0.812. The van der Waals surface area contributed by atoms with Gasteiger partial charge in [0, 0.05) is 5.56 Å². The number of phenols is 1. The van der Waals surface area contributed by atoms with Gasteiger partial charge in [0.15, 0.2) is 11.5 Å². The Bertz CT molecular complexity index is 309. The number of halogens is 1. The van der Waals surface area contributed by atoms with Crippen molar-refractivity contribution in [2.24, 2.45) is 0 Å². The standard InChI is InChI=1S/C8H7ClO3/c1-12-7-3-2-5(8(9)11)4-6(7)10/h2-4,10H,1H3. The summed E-state index contributed by atoms with van der Waals surface area (Å²) >= 11 is 5.18. The van der Waals surface area contributed by atoms with Crippen molar-refractivity contribution in [2.75, 3.05) is 7.11 Å². The summed E-state index contributed by atoms with van der Waals surface area (Å²) in [5, 5.41) is 8.60. The molecule has 1 aromatic carbocycles. The molecular weight excluding hydrogens is 180 g/mol. The van der Waals surface area contributed by atoms with Crippen LogP contribution in [0.5, 0.6) is 11.5 Å². The lowest BCUT2D eigenvalue weighted by Crippen LogP contribution is -1.89. The summed E-state index contributed by atoms with van der Waals surface area (Å²) in [6.07, 6.45) is 0. The van der Waals surface area contributed by atoms with Crippen LogP contribution >= 0.6 is 11.6 Å². The van der Waals surface area contributed by atoms with Crippen molar-refractivity contribution in [1.82, 2.24) is 0 Å². The molecule has 0 heterocycles. The van der Waals surface area contributed by atoms with E-state index in [0.29, 0.717) is 5.75 Å². The van der Waals surface area contributed by atoms with E-state index in [2.05, 4.69) is 0 Å². The van der Waals surface area contributed by atoms with E-state index in [-0.39, 0.29) is 11.3 Å². The number of ether oxygens (including phenoxy) is 1. The number of aromatic hydroxyl groups is 1. The highest BCUT2D eigenvalue weighted by Gasteiger charge is 2.06. The molecule has 4 heteroatoms. The number of carbonyl (C=O) groups is 1. The minimum atomic E-state index is -0.604. The van der Waals surface area contributed by atoms with Crippen LogP contribution in [-0.2, 0) is 0 Å². The van der Waals surface area contributed by atoms with Crippen molar-refractivity contribution in [1.29, 1.82) is 0 Å². The van der Waals surface area contributed by atoms with Gasteiger partial charge < -0.3 is 9.84 Å². The van der Waals surface area contributed by atoms with Crippen molar-refractivity contribution in [2.45, 2.75) is 0 Å². The van der Waals surface area contributed by atoms with E-state index in [9.17, 15) is 9.90 Å². The predicted molar refractivity (Wildman–Crippen MR) is 44.8 cm³/mol. The van der Waals surface area contributed by atoms with Gasteiger partial charge in [0.05, 0.1) is 7.11 Å². The molecule has 0 radical (unpaired) electrons. The highest BCUT2D eigenvalue weighted by molar-refractivity contribution is 6.67. The van der Waals surface area contributed by atoms with E-state index >= 15 is 0 Å². The molecule has 1 N–H and O–H groups in total. The maximum absolute atomic E-state index is 10.6. The first-order valence-corrected chi connectivity index (χ1v) is 3.60. The summed E-state index contributed by atoms with van der Waals surface area (Å²) in [5.74, 6) is 0.223. The minimum Gasteiger partial charge on any atom is -0.504 e. The molecule has 1 rings (SSSR count). The van der Waals surface area contributed by atoms with Crippen molar-refractivity contribution < 1.29 is 14.6 Å². The monoisotopic (exact) mass is 186 g/mol. The fraction of sp³-hybridized carbons (Fsp3) is 0.125. The van der Waals surface area contributed by atoms with Gasteiger partial charge in [0.25, 0.3) is 5.24 Å². The Morgan fingerprint density at radius 2 is 2.25 bits per heavy atom. The van der Waals surface area contributed by atoms with Crippen molar-refractivity contribution >= 4 is 16.8 Å². The first-order valence-electron chi connectivity index (χ1n) is 3.22. The Balaban J connectivity index is 3.10. The number of phenolic OH excluding ortho intramolecular Hbond substituents is 1. The molecule has 0 spiro atoms. The Hall–Kier alpha value is -1.22. The third-order valence-electron chi connectivity index (χ3n) is 1.41. The maximum Gasteiger partial charge on any atom is 0.252 e. The van der Waals surface area contributed by atoms with Crippen LogP contribution in [0.3, 0.4) is 0 Å². The van der Waals surface area contributed by atoms with Gasteiger partial charge in [-0.15, -0.1) is 0 Å². The van der Waals surface area contributed by atoms with Gasteiger partial charge in [0.1, 0.15) is 0 Å².